The lowest BCUT2D eigenvalue weighted by Crippen LogP contribution is -2.29. The van der Waals surface area contributed by atoms with Crippen molar-refractivity contribution >= 4 is 5.91 Å². The molecular formula is C8H14N2O. The van der Waals surface area contributed by atoms with E-state index in [0.717, 1.165) is 19.6 Å². The summed E-state index contributed by atoms with van der Waals surface area (Å²) in [5.74, 6) is 1.92. The molecule has 11 heavy (non-hydrogen) atoms. The zero-order chi connectivity index (χ0) is 7.84. The van der Waals surface area contributed by atoms with Crippen LogP contribution in [0, 0.1) is 17.8 Å². The Morgan fingerprint density at radius 1 is 1.55 bits per heavy atom. The van der Waals surface area contributed by atoms with Crippen LogP contribution in [0.4, 0.5) is 0 Å². The van der Waals surface area contributed by atoms with Crippen LogP contribution >= 0.6 is 0 Å². The van der Waals surface area contributed by atoms with Crippen LogP contribution in [0.15, 0.2) is 0 Å². The van der Waals surface area contributed by atoms with Gasteiger partial charge in [0.25, 0.3) is 0 Å². The Morgan fingerprint density at radius 2 is 2.18 bits per heavy atom. The van der Waals surface area contributed by atoms with E-state index < -0.39 is 0 Å². The summed E-state index contributed by atoms with van der Waals surface area (Å²) in [7, 11) is 0. The summed E-state index contributed by atoms with van der Waals surface area (Å²) in [6, 6.07) is 0. The molecule has 0 aromatic carbocycles. The minimum Gasteiger partial charge on any atom is -0.356 e. The highest BCUT2D eigenvalue weighted by Crippen LogP contribution is 2.48. The van der Waals surface area contributed by atoms with Crippen LogP contribution < -0.4 is 10.6 Å². The van der Waals surface area contributed by atoms with E-state index in [9.17, 15) is 4.79 Å². The van der Waals surface area contributed by atoms with Gasteiger partial charge in [-0.25, -0.2) is 0 Å². The predicted octanol–water partition coefficient (Wildman–Crippen LogP) is -0.412. The molecule has 1 aliphatic carbocycles. The predicted molar refractivity (Wildman–Crippen MR) is 42.0 cm³/mol. The first-order valence-electron chi connectivity index (χ1n) is 4.33. The van der Waals surface area contributed by atoms with E-state index in [1.54, 1.807) is 0 Å². The van der Waals surface area contributed by atoms with Crippen molar-refractivity contribution in [3.8, 4) is 0 Å². The average molecular weight is 154 g/mol. The topological polar surface area (TPSA) is 41.1 Å². The maximum Gasteiger partial charge on any atom is 0.223 e. The standard InChI is InChI=1S/C8H14N2O/c1-2-10-8(11)7-5-3-9-4-6(5)7/h5-7,9H,2-4H2,1H3,(H,10,11). The van der Waals surface area contributed by atoms with Crippen molar-refractivity contribution < 1.29 is 4.79 Å². The highest BCUT2D eigenvalue weighted by atomic mass is 16.2. The van der Waals surface area contributed by atoms with Gasteiger partial charge in [0, 0.05) is 12.5 Å². The lowest BCUT2D eigenvalue weighted by Gasteiger charge is -2.03. The highest BCUT2D eigenvalue weighted by Gasteiger charge is 2.56. The first-order valence-corrected chi connectivity index (χ1v) is 4.33. The Bertz CT molecular complexity index is 171. The van der Waals surface area contributed by atoms with E-state index in [1.165, 1.54) is 0 Å². The van der Waals surface area contributed by atoms with Crippen molar-refractivity contribution in [2.45, 2.75) is 6.92 Å². The summed E-state index contributed by atoms with van der Waals surface area (Å²) in [5, 5.41) is 6.14. The summed E-state index contributed by atoms with van der Waals surface area (Å²) < 4.78 is 0. The van der Waals surface area contributed by atoms with Gasteiger partial charge in [-0.1, -0.05) is 0 Å². The van der Waals surface area contributed by atoms with Gasteiger partial charge in [0.1, 0.15) is 0 Å². The van der Waals surface area contributed by atoms with Crippen LogP contribution in [-0.4, -0.2) is 25.5 Å². The Labute approximate surface area is 66.5 Å². The Balaban J connectivity index is 1.85. The van der Waals surface area contributed by atoms with Crippen molar-refractivity contribution in [3.63, 3.8) is 0 Å². The summed E-state index contributed by atoms with van der Waals surface area (Å²) in [5.41, 5.74) is 0. The molecule has 62 valence electrons. The zero-order valence-electron chi connectivity index (χ0n) is 6.76. The molecule has 1 aliphatic heterocycles. The number of carbonyl (C=O) groups excluding carboxylic acids is 1. The second-order valence-electron chi connectivity index (χ2n) is 3.41. The number of hydrogen-bond acceptors (Lipinski definition) is 2. The average Bonchev–Trinajstić information content (AvgIpc) is 2.47. The molecule has 2 unspecified atom stereocenters. The Hall–Kier alpha value is -0.570. The van der Waals surface area contributed by atoms with Crippen LogP contribution in [-0.2, 0) is 4.79 Å². The summed E-state index contributed by atoms with van der Waals surface area (Å²) in [6.45, 7) is 4.83. The molecule has 2 rings (SSSR count). The third-order valence-corrected chi connectivity index (χ3v) is 2.75. The first-order chi connectivity index (χ1) is 5.34. The molecule has 2 atom stereocenters. The summed E-state index contributed by atoms with van der Waals surface area (Å²) >= 11 is 0. The number of nitrogens with one attached hydrogen (secondary N) is 2. The highest BCUT2D eigenvalue weighted by molar-refractivity contribution is 5.82. The molecule has 0 spiro atoms. The van der Waals surface area contributed by atoms with Crippen LogP contribution in [0.1, 0.15) is 6.92 Å². The summed E-state index contributed by atoms with van der Waals surface area (Å²) in [4.78, 5) is 11.3. The van der Waals surface area contributed by atoms with Crippen LogP contribution in [0.25, 0.3) is 0 Å². The molecule has 0 aromatic heterocycles. The van der Waals surface area contributed by atoms with Crippen LogP contribution in [0.3, 0.4) is 0 Å². The van der Waals surface area contributed by atoms with E-state index in [1.807, 2.05) is 6.92 Å². The third-order valence-electron chi connectivity index (χ3n) is 2.75. The molecule has 2 fully saturated rings. The molecule has 1 saturated heterocycles. The largest absolute Gasteiger partial charge is 0.356 e. The number of amides is 1. The molecule has 3 nitrogen and oxygen atoms in total. The van der Waals surface area contributed by atoms with Gasteiger partial charge < -0.3 is 10.6 Å². The minimum atomic E-state index is 0.268. The second-order valence-corrected chi connectivity index (χ2v) is 3.41. The molecule has 1 amide bonds. The van der Waals surface area contributed by atoms with Gasteiger partial charge >= 0.3 is 0 Å². The Morgan fingerprint density at radius 3 is 2.73 bits per heavy atom. The minimum absolute atomic E-state index is 0.268. The fourth-order valence-electron chi connectivity index (χ4n) is 2.10. The number of hydrogen-bond donors (Lipinski definition) is 2. The molecule has 3 heteroatoms. The number of piperidine rings is 1. The van der Waals surface area contributed by atoms with Gasteiger partial charge in [0.05, 0.1) is 0 Å². The quantitative estimate of drug-likeness (QED) is 0.567. The molecule has 0 radical (unpaired) electrons. The first kappa shape index (κ1) is 7.10. The van der Waals surface area contributed by atoms with Gasteiger partial charge in [-0.15, -0.1) is 0 Å². The maximum atomic E-state index is 11.3. The fourth-order valence-corrected chi connectivity index (χ4v) is 2.10. The normalized spacial score (nSPS) is 39.9. The molecule has 1 heterocycles. The van der Waals surface area contributed by atoms with Gasteiger partial charge in [-0.05, 0) is 31.8 Å². The van der Waals surface area contributed by atoms with Gasteiger partial charge in [0.2, 0.25) is 5.91 Å². The van der Waals surface area contributed by atoms with E-state index in [-0.39, 0.29) is 5.91 Å². The molecule has 1 saturated carbocycles. The SMILES string of the molecule is CCNC(=O)C1C2CNCC21. The monoisotopic (exact) mass is 154 g/mol. The van der Waals surface area contributed by atoms with Gasteiger partial charge in [-0.2, -0.15) is 0 Å². The van der Waals surface area contributed by atoms with Crippen molar-refractivity contribution in [1.82, 2.24) is 10.6 Å². The fraction of sp³-hybridized carbons (Fsp3) is 0.875. The van der Waals surface area contributed by atoms with Crippen molar-refractivity contribution in [2.24, 2.45) is 17.8 Å². The lowest BCUT2D eigenvalue weighted by atomic mass is 10.2. The number of rotatable bonds is 2. The molecule has 2 aliphatic rings. The van der Waals surface area contributed by atoms with E-state index in [4.69, 9.17) is 0 Å². The maximum absolute atomic E-state index is 11.3. The van der Waals surface area contributed by atoms with Crippen molar-refractivity contribution in [3.05, 3.63) is 0 Å². The van der Waals surface area contributed by atoms with Crippen molar-refractivity contribution in [2.75, 3.05) is 19.6 Å². The molecular weight excluding hydrogens is 140 g/mol. The van der Waals surface area contributed by atoms with Gasteiger partial charge in [0.15, 0.2) is 0 Å². The molecule has 2 N–H and O–H groups in total. The molecule has 0 aromatic rings. The smallest absolute Gasteiger partial charge is 0.223 e. The second kappa shape index (κ2) is 2.48. The van der Waals surface area contributed by atoms with E-state index in [0.29, 0.717) is 17.8 Å². The lowest BCUT2D eigenvalue weighted by molar-refractivity contribution is -0.122. The van der Waals surface area contributed by atoms with Crippen LogP contribution in [0.5, 0.6) is 0 Å². The van der Waals surface area contributed by atoms with E-state index >= 15 is 0 Å². The molecule has 0 bridgehead atoms. The van der Waals surface area contributed by atoms with Gasteiger partial charge in [-0.3, -0.25) is 4.79 Å². The number of carbonyl (C=O) groups is 1. The van der Waals surface area contributed by atoms with E-state index in [2.05, 4.69) is 10.6 Å². The Kier molecular flexibility index (Phi) is 1.60. The zero-order valence-corrected chi connectivity index (χ0v) is 6.76. The van der Waals surface area contributed by atoms with Crippen LogP contribution in [0.2, 0.25) is 0 Å². The third kappa shape index (κ3) is 1.03. The van der Waals surface area contributed by atoms with Crippen molar-refractivity contribution in [1.29, 1.82) is 0 Å². The number of fused-ring (bicyclic) bond motifs is 1. The summed E-state index contributed by atoms with van der Waals surface area (Å²) in [6.07, 6.45) is 0.